The molecule has 2 aliphatic rings. The van der Waals surface area contributed by atoms with Crippen LogP contribution in [0.3, 0.4) is 0 Å². The van der Waals surface area contributed by atoms with Gasteiger partial charge in [-0.05, 0) is 31.2 Å². The normalized spacial score (nSPS) is 28.9. The van der Waals surface area contributed by atoms with Crippen molar-refractivity contribution in [2.45, 2.75) is 18.2 Å². The summed E-state index contributed by atoms with van der Waals surface area (Å²) in [6.07, 6.45) is 0. The Bertz CT molecular complexity index is 820. The third-order valence-corrected chi connectivity index (χ3v) is 4.63. The zero-order chi connectivity index (χ0) is 15.5. The molecule has 0 amide bonds. The van der Waals surface area contributed by atoms with Gasteiger partial charge in [-0.2, -0.15) is 5.11 Å². The van der Waals surface area contributed by atoms with Gasteiger partial charge >= 0.3 is 0 Å². The molecule has 2 atom stereocenters. The van der Waals surface area contributed by atoms with Crippen LogP contribution < -0.4 is 5.01 Å². The highest BCUT2D eigenvalue weighted by atomic mass is 35.5. The van der Waals surface area contributed by atoms with Crippen molar-refractivity contribution < 1.29 is 9.90 Å². The predicted molar refractivity (Wildman–Crippen MR) is 81.9 cm³/mol. The molecule has 0 radical (unpaired) electrons. The standard InChI is InChI=1S/C16H12ClN3O2/c1-15-14(21)12-4-2-3-5-13(12)16(15,22)20(19-18-15)11-8-6-10(17)7-9-11/h2-9,22H,1H3. The van der Waals surface area contributed by atoms with Gasteiger partial charge in [-0.3, -0.25) is 4.79 Å². The fourth-order valence-electron chi connectivity index (χ4n) is 3.12. The van der Waals surface area contributed by atoms with Crippen LogP contribution in [-0.4, -0.2) is 16.4 Å². The highest BCUT2D eigenvalue weighted by Crippen LogP contribution is 2.53. The predicted octanol–water partition coefficient (Wildman–Crippen LogP) is 3.33. The van der Waals surface area contributed by atoms with E-state index in [0.29, 0.717) is 21.8 Å². The Morgan fingerprint density at radius 3 is 2.55 bits per heavy atom. The van der Waals surface area contributed by atoms with Gasteiger partial charge in [0.15, 0.2) is 11.3 Å². The van der Waals surface area contributed by atoms with Crippen LogP contribution in [0.25, 0.3) is 0 Å². The smallest absolute Gasteiger partial charge is 0.221 e. The van der Waals surface area contributed by atoms with E-state index in [9.17, 15) is 9.90 Å². The quantitative estimate of drug-likeness (QED) is 0.878. The number of carbonyl (C=O) groups is 1. The molecule has 1 N–H and O–H groups in total. The topological polar surface area (TPSA) is 65.3 Å². The van der Waals surface area contributed by atoms with E-state index in [4.69, 9.17) is 11.6 Å². The molecule has 2 unspecified atom stereocenters. The van der Waals surface area contributed by atoms with Crippen LogP contribution in [0, 0.1) is 0 Å². The van der Waals surface area contributed by atoms with Gasteiger partial charge in [0.1, 0.15) is 0 Å². The van der Waals surface area contributed by atoms with Gasteiger partial charge in [-0.25, -0.2) is 5.01 Å². The second-order valence-corrected chi connectivity index (χ2v) is 6.03. The lowest BCUT2D eigenvalue weighted by atomic mass is 9.89. The van der Waals surface area contributed by atoms with E-state index >= 15 is 0 Å². The minimum Gasteiger partial charge on any atom is -0.363 e. The number of benzene rings is 2. The molecule has 4 rings (SSSR count). The number of nitrogens with zero attached hydrogens (tertiary/aromatic N) is 3. The number of aliphatic hydroxyl groups is 1. The van der Waals surface area contributed by atoms with Gasteiger partial charge in [0, 0.05) is 16.1 Å². The van der Waals surface area contributed by atoms with Gasteiger partial charge in [0.25, 0.3) is 0 Å². The average molecular weight is 314 g/mol. The summed E-state index contributed by atoms with van der Waals surface area (Å²) in [5.41, 5.74) is -1.37. The van der Waals surface area contributed by atoms with Gasteiger partial charge in [-0.15, -0.1) is 0 Å². The van der Waals surface area contributed by atoms with Crippen molar-refractivity contribution in [1.82, 2.24) is 0 Å². The van der Waals surface area contributed by atoms with Crippen molar-refractivity contribution in [2.75, 3.05) is 5.01 Å². The van der Waals surface area contributed by atoms with Crippen LogP contribution in [0.15, 0.2) is 58.9 Å². The molecule has 0 saturated carbocycles. The largest absolute Gasteiger partial charge is 0.363 e. The summed E-state index contributed by atoms with van der Waals surface area (Å²) in [5, 5.41) is 21.5. The summed E-state index contributed by atoms with van der Waals surface area (Å²) in [6, 6.07) is 13.9. The summed E-state index contributed by atoms with van der Waals surface area (Å²) in [7, 11) is 0. The number of carbonyl (C=O) groups excluding carboxylic acids is 1. The molecule has 1 aliphatic carbocycles. The Labute approximate surface area is 131 Å². The molecule has 2 aromatic carbocycles. The van der Waals surface area contributed by atoms with Gasteiger partial charge in [0.05, 0.1) is 5.69 Å². The first-order valence-electron chi connectivity index (χ1n) is 6.84. The first-order chi connectivity index (χ1) is 10.5. The Morgan fingerprint density at radius 2 is 1.82 bits per heavy atom. The fourth-order valence-corrected chi connectivity index (χ4v) is 3.25. The lowest BCUT2D eigenvalue weighted by Crippen LogP contribution is -2.53. The molecule has 1 heterocycles. The van der Waals surface area contributed by atoms with E-state index in [-0.39, 0.29) is 5.78 Å². The maximum atomic E-state index is 12.7. The van der Waals surface area contributed by atoms with Crippen LogP contribution >= 0.6 is 11.6 Å². The zero-order valence-corrected chi connectivity index (χ0v) is 12.4. The molecule has 5 nitrogen and oxygen atoms in total. The average Bonchev–Trinajstić information content (AvgIpc) is 2.89. The first-order valence-corrected chi connectivity index (χ1v) is 7.21. The number of Topliss-reactive ketones (excluding diaryl/α,β-unsaturated/α-hetero) is 1. The second-order valence-electron chi connectivity index (χ2n) is 5.60. The summed E-state index contributed by atoms with van der Waals surface area (Å²) in [6.45, 7) is 1.61. The lowest BCUT2D eigenvalue weighted by Gasteiger charge is -2.35. The number of hydrogen-bond acceptors (Lipinski definition) is 5. The van der Waals surface area contributed by atoms with E-state index < -0.39 is 11.3 Å². The molecule has 0 aromatic heterocycles. The van der Waals surface area contributed by atoms with Crippen molar-refractivity contribution in [2.24, 2.45) is 10.3 Å². The van der Waals surface area contributed by atoms with Crippen molar-refractivity contribution >= 4 is 23.1 Å². The summed E-state index contributed by atoms with van der Waals surface area (Å²) in [5.74, 6) is -0.231. The Balaban J connectivity index is 1.94. The minimum absolute atomic E-state index is 0.231. The van der Waals surface area contributed by atoms with Crippen LogP contribution in [0.2, 0.25) is 5.02 Å². The highest BCUT2D eigenvalue weighted by Gasteiger charge is 2.67. The van der Waals surface area contributed by atoms with Crippen LogP contribution in [0.1, 0.15) is 22.8 Å². The molecule has 6 heteroatoms. The van der Waals surface area contributed by atoms with Crippen molar-refractivity contribution in [3.63, 3.8) is 0 Å². The molecule has 22 heavy (non-hydrogen) atoms. The highest BCUT2D eigenvalue weighted by molar-refractivity contribution is 6.30. The third-order valence-electron chi connectivity index (χ3n) is 4.38. The molecule has 0 bridgehead atoms. The van der Waals surface area contributed by atoms with E-state index in [2.05, 4.69) is 10.3 Å². The Kier molecular flexibility index (Phi) is 2.53. The number of hydrogen-bond donors (Lipinski definition) is 1. The third kappa shape index (κ3) is 1.40. The summed E-state index contributed by atoms with van der Waals surface area (Å²) < 4.78 is 0. The second kappa shape index (κ2) is 4.15. The van der Waals surface area contributed by atoms with Crippen LogP contribution in [0.4, 0.5) is 5.69 Å². The van der Waals surface area contributed by atoms with Gasteiger partial charge < -0.3 is 5.11 Å². The number of anilines is 1. The van der Waals surface area contributed by atoms with Gasteiger partial charge in [-0.1, -0.05) is 41.1 Å². The van der Waals surface area contributed by atoms with E-state index in [1.54, 1.807) is 55.5 Å². The molecule has 2 aromatic rings. The molecule has 0 spiro atoms. The fraction of sp³-hybridized carbons (Fsp3) is 0.188. The molecule has 110 valence electrons. The Hall–Kier alpha value is -2.24. The number of ketones is 1. The maximum Gasteiger partial charge on any atom is 0.221 e. The number of fused-ring (bicyclic) bond motifs is 3. The number of halogens is 1. The van der Waals surface area contributed by atoms with Crippen molar-refractivity contribution in [3.8, 4) is 0 Å². The molecule has 0 saturated heterocycles. The number of rotatable bonds is 1. The first kappa shape index (κ1) is 13.4. The van der Waals surface area contributed by atoms with Crippen LogP contribution in [-0.2, 0) is 5.72 Å². The van der Waals surface area contributed by atoms with Gasteiger partial charge in [0.2, 0.25) is 5.72 Å². The molecule has 0 fully saturated rings. The van der Waals surface area contributed by atoms with E-state index in [1.807, 2.05) is 0 Å². The Morgan fingerprint density at radius 1 is 1.14 bits per heavy atom. The van der Waals surface area contributed by atoms with E-state index in [1.165, 1.54) is 5.01 Å². The summed E-state index contributed by atoms with van der Waals surface area (Å²) >= 11 is 5.91. The lowest BCUT2D eigenvalue weighted by molar-refractivity contribution is 0.000895. The SMILES string of the molecule is CC12N=NN(c3ccc(Cl)cc3)C1(O)c1ccccc1C2=O. The van der Waals surface area contributed by atoms with Crippen LogP contribution in [0.5, 0.6) is 0 Å². The molecular weight excluding hydrogens is 302 g/mol. The summed E-state index contributed by atoms with van der Waals surface area (Å²) in [4.78, 5) is 12.7. The van der Waals surface area contributed by atoms with Crippen molar-refractivity contribution in [3.05, 3.63) is 64.7 Å². The van der Waals surface area contributed by atoms with Crippen molar-refractivity contribution in [1.29, 1.82) is 0 Å². The molecule has 1 aliphatic heterocycles. The minimum atomic E-state index is -1.63. The monoisotopic (exact) mass is 313 g/mol. The zero-order valence-electron chi connectivity index (χ0n) is 11.7. The molecular formula is C16H12ClN3O2. The van der Waals surface area contributed by atoms with E-state index in [0.717, 1.165) is 0 Å². The maximum absolute atomic E-state index is 12.7.